The lowest BCUT2D eigenvalue weighted by Gasteiger charge is -2.22. The van der Waals surface area contributed by atoms with Crippen molar-refractivity contribution >= 4 is 7.60 Å². The van der Waals surface area contributed by atoms with Crippen molar-refractivity contribution in [3.63, 3.8) is 0 Å². The Hall–Kier alpha value is 0.110. The summed E-state index contributed by atoms with van der Waals surface area (Å²) in [6.45, 7) is 8.44. The van der Waals surface area contributed by atoms with Crippen LogP contribution in [0.5, 0.6) is 0 Å². The fourth-order valence-electron chi connectivity index (χ4n) is 3.63. The molecule has 0 saturated heterocycles. The molecule has 0 heterocycles. The van der Waals surface area contributed by atoms with Crippen molar-refractivity contribution in [2.45, 2.75) is 124 Å². The van der Waals surface area contributed by atoms with Crippen LogP contribution in [0, 0.1) is 5.92 Å². The Morgan fingerprint density at radius 2 is 1.20 bits per heavy atom. The van der Waals surface area contributed by atoms with Gasteiger partial charge in [-0.1, -0.05) is 97.8 Å². The molecule has 0 fully saturated rings. The van der Waals surface area contributed by atoms with Gasteiger partial charge in [0.25, 0.3) is 0 Å². The smallest absolute Gasteiger partial charge is 0.330 e. The van der Waals surface area contributed by atoms with Crippen LogP contribution in [-0.2, 0) is 18.3 Å². The van der Waals surface area contributed by atoms with Crippen LogP contribution in [0.2, 0.25) is 0 Å². The third kappa shape index (κ3) is 18.8. The molecule has 30 heavy (non-hydrogen) atoms. The molecule has 0 N–H and O–H groups in total. The number of unbranched alkanes of at least 4 members (excludes halogenated alkanes) is 11. The third-order valence-electron chi connectivity index (χ3n) is 5.77. The lowest BCUT2D eigenvalue weighted by atomic mass is 9.99. The summed E-state index contributed by atoms with van der Waals surface area (Å²) in [6, 6.07) is 0. The van der Waals surface area contributed by atoms with Gasteiger partial charge < -0.3 is 13.8 Å². The molecule has 2 unspecified atom stereocenters. The van der Waals surface area contributed by atoms with E-state index in [0.717, 1.165) is 45.1 Å². The average Bonchev–Trinajstić information content (AvgIpc) is 2.75. The van der Waals surface area contributed by atoms with Crippen molar-refractivity contribution < 1.29 is 18.3 Å². The van der Waals surface area contributed by atoms with Crippen LogP contribution in [0.3, 0.4) is 0 Å². The first-order valence-corrected chi connectivity index (χ1v) is 14.7. The van der Waals surface area contributed by atoms with Gasteiger partial charge in [0, 0.05) is 13.7 Å². The van der Waals surface area contributed by atoms with Gasteiger partial charge in [-0.15, -0.1) is 0 Å². The van der Waals surface area contributed by atoms with E-state index >= 15 is 0 Å². The Bertz CT molecular complexity index is 389. The summed E-state index contributed by atoms with van der Waals surface area (Å²) in [7, 11) is -1.24. The first kappa shape index (κ1) is 30.1. The molecule has 4 nitrogen and oxygen atoms in total. The van der Waals surface area contributed by atoms with Crippen molar-refractivity contribution in [2.24, 2.45) is 5.92 Å². The molecule has 0 bridgehead atoms. The maximum atomic E-state index is 13.2. The minimum Gasteiger partial charge on any atom is -0.385 e. The van der Waals surface area contributed by atoms with Crippen LogP contribution in [0.15, 0.2) is 0 Å². The van der Waals surface area contributed by atoms with Crippen LogP contribution in [0.1, 0.15) is 124 Å². The van der Waals surface area contributed by atoms with E-state index in [9.17, 15) is 4.57 Å². The van der Waals surface area contributed by atoms with Gasteiger partial charge in [0.05, 0.1) is 19.4 Å². The van der Waals surface area contributed by atoms with E-state index in [1.807, 2.05) is 0 Å². The Kier molecular flexibility index (Phi) is 22.4. The number of methoxy groups -OCH3 is 1. The molecule has 0 aliphatic carbocycles. The van der Waals surface area contributed by atoms with Gasteiger partial charge in [0.2, 0.25) is 0 Å². The summed E-state index contributed by atoms with van der Waals surface area (Å²) in [6.07, 6.45) is 19.7. The summed E-state index contributed by atoms with van der Waals surface area (Å²) >= 11 is 0. The van der Waals surface area contributed by atoms with Gasteiger partial charge in [-0.3, -0.25) is 4.57 Å². The van der Waals surface area contributed by atoms with Gasteiger partial charge >= 0.3 is 7.60 Å². The van der Waals surface area contributed by atoms with Gasteiger partial charge in [-0.05, 0) is 31.6 Å². The van der Waals surface area contributed by atoms with Crippen molar-refractivity contribution in [3.8, 4) is 0 Å². The Labute approximate surface area is 188 Å². The van der Waals surface area contributed by atoms with Crippen molar-refractivity contribution in [1.29, 1.82) is 0 Å². The van der Waals surface area contributed by atoms with E-state index in [2.05, 4.69) is 20.8 Å². The van der Waals surface area contributed by atoms with Crippen molar-refractivity contribution in [2.75, 3.05) is 33.1 Å². The highest BCUT2D eigenvalue weighted by Crippen LogP contribution is 2.49. The molecule has 0 radical (unpaired) electrons. The van der Waals surface area contributed by atoms with Crippen molar-refractivity contribution in [3.05, 3.63) is 0 Å². The molecule has 0 aromatic heterocycles. The molecule has 2 atom stereocenters. The van der Waals surface area contributed by atoms with E-state index in [4.69, 9.17) is 13.8 Å². The first-order valence-electron chi connectivity index (χ1n) is 13.0. The van der Waals surface area contributed by atoms with E-state index < -0.39 is 7.60 Å². The monoisotopic (exact) mass is 448 g/mol. The van der Waals surface area contributed by atoms with Gasteiger partial charge in [0.15, 0.2) is 0 Å². The molecule has 5 heteroatoms. The van der Waals surface area contributed by atoms with Gasteiger partial charge in [0.1, 0.15) is 0 Å². The topological polar surface area (TPSA) is 44.8 Å². The SMILES string of the molecule is CCCCCCCCCCCOP(=O)(CCCC)OCC(CCCCC)CCOC. The normalized spacial score (nSPS) is 14.7. The molecular weight excluding hydrogens is 395 g/mol. The predicted molar refractivity (Wildman–Crippen MR) is 131 cm³/mol. The van der Waals surface area contributed by atoms with Crippen LogP contribution in [0.25, 0.3) is 0 Å². The molecule has 182 valence electrons. The molecule has 0 aliphatic heterocycles. The lowest BCUT2D eigenvalue weighted by molar-refractivity contribution is 0.134. The van der Waals surface area contributed by atoms with Crippen LogP contribution >= 0.6 is 7.60 Å². The van der Waals surface area contributed by atoms with Crippen LogP contribution < -0.4 is 0 Å². The minimum atomic E-state index is -2.98. The highest BCUT2D eigenvalue weighted by molar-refractivity contribution is 7.53. The fraction of sp³-hybridized carbons (Fsp3) is 1.00. The third-order valence-corrected chi connectivity index (χ3v) is 7.76. The first-order chi connectivity index (χ1) is 14.6. The van der Waals surface area contributed by atoms with E-state index in [0.29, 0.717) is 25.3 Å². The number of hydrogen-bond donors (Lipinski definition) is 0. The zero-order valence-corrected chi connectivity index (χ0v) is 21.7. The zero-order valence-electron chi connectivity index (χ0n) is 20.8. The number of hydrogen-bond acceptors (Lipinski definition) is 4. The Morgan fingerprint density at radius 3 is 1.80 bits per heavy atom. The average molecular weight is 449 g/mol. The highest BCUT2D eigenvalue weighted by atomic mass is 31.2. The second kappa shape index (κ2) is 22.3. The van der Waals surface area contributed by atoms with E-state index in [1.165, 1.54) is 64.2 Å². The Morgan fingerprint density at radius 1 is 0.633 bits per heavy atom. The summed E-state index contributed by atoms with van der Waals surface area (Å²) in [5.74, 6) is 0.405. The zero-order chi connectivity index (χ0) is 22.3. The molecule has 0 rings (SSSR count). The maximum Gasteiger partial charge on any atom is 0.330 e. The van der Waals surface area contributed by atoms with Crippen LogP contribution in [-0.4, -0.2) is 33.1 Å². The fourth-order valence-corrected chi connectivity index (χ4v) is 5.51. The summed E-state index contributed by atoms with van der Waals surface area (Å²) in [5, 5.41) is 0. The van der Waals surface area contributed by atoms with E-state index in [-0.39, 0.29) is 0 Å². The van der Waals surface area contributed by atoms with Crippen molar-refractivity contribution in [1.82, 2.24) is 0 Å². The minimum absolute atomic E-state index is 0.405. The van der Waals surface area contributed by atoms with Crippen LogP contribution in [0.4, 0.5) is 0 Å². The van der Waals surface area contributed by atoms with E-state index in [1.54, 1.807) is 7.11 Å². The summed E-state index contributed by atoms with van der Waals surface area (Å²) in [5.41, 5.74) is 0. The number of ether oxygens (including phenoxy) is 1. The summed E-state index contributed by atoms with van der Waals surface area (Å²) < 4.78 is 30.4. The summed E-state index contributed by atoms with van der Waals surface area (Å²) in [4.78, 5) is 0. The lowest BCUT2D eigenvalue weighted by Crippen LogP contribution is -2.13. The molecular formula is C25H53O4P. The predicted octanol–water partition coefficient (Wildman–Crippen LogP) is 8.78. The quantitative estimate of drug-likeness (QED) is 0.109. The molecule has 0 aliphatic rings. The molecule has 0 aromatic rings. The highest BCUT2D eigenvalue weighted by Gasteiger charge is 2.25. The maximum absolute atomic E-state index is 13.2. The molecule has 0 spiro atoms. The molecule has 0 amide bonds. The standard InChI is InChI=1S/C25H53O4P/c1-5-8-11-12-13-14-15-16-18-21-28-30(26,23-10-7-3)29-24-25(20-22-27-4)19-17-9-6-2/h25H,5-24H2,1-4H3. The van der Waals surface area contributed by atoms with Gasteiger partial charge in [-0.25, -0.2) is 0 Å². The molecule has 0 aromatic carbocycles. The van der Waals surface area contributed by atoms with Gasteiger partial charge in [-0.2, -0.15) is 0 Å². The second-order valence-corrected chi connectivity index (χ2v) is 11.0. The number of rotatable bonds is 24. The largest absolute Gasteiger partial charge is 0.385 e. The second-order valence-electron chi connectivity index (χ2n) is 8.79. The molecule has 0 saturated carbocycles. The Balaban J connectivity index is 4.21.